The third-order valence-corrected chi connectivity index (χ3v) is 7.41. The average Bonchev–Trinajstić information content (AvgIpc) is 3.14. The van der Waals surface area contributed by atoms with E-state index in [-0.39, 0.29) is 11.9 Å². The SMILES string of the molecule is NC(=O)c1noc(C2CCCN2c2nc(C3CC3)nc3sc4c(c23)CCCC4)n1. The van der Waals surface area contributed by atoms with Crippen LogP contribution in [0, 0.1) is 0 Å². The zero-order chi connectivity index (χ0) is 19.5. The van der Waals surface area contributed by atoms with Gasteiger partial charge in [0.2, 0.25) is 5.89 Å². The minimum absolute atomic E-state index is 0.0636. The first-order valence-corrected chi connectivity index (χ1v) is 11.2. The van der Waals surface area contributed by atoms with Crippen LogP contribution in [0.2, 0.25) is 0 Å². The second kappa shape index (κ2) is 6.48. The predicted octanol–water partition coefficient (Wildman–Crippen LogP) is 3.27. The van der Waals surface area contributed by atoms with Crippen LogP contribution >= 0.6 is 11.3 Å². The summed E-state index contributed by atoms with van der Waals surface area (Å²) >= 11 is 1.85. The van der Waals surface area contributed by atoms with Gasteiger partial charge in [0, 0.05) is 17.3 Å². The fourth-order valence-corrected chi connectivity index (χ4v) is 5.90. The number of primary amides is 1. The van der Waals surface area contributed by atoms with Crippen LogP contribution in [-0.4, -0.2) is 32.6 Å². The number of fused-ring (bicyclic) bond motifs is 3. The van der Waals surface area contributed by atoms with E-state index in [2.05, 4.69) is 15.0 Å². The van der Waals surface area contributed by atoms with E-state index in [1.165, 1.54) is 41.5 Å². The second-order valence-corrected chi connectivity index (χ2v) is 9.33. The van der Waals surface area contributed by atoms with E-state index >= 15 is 0 Å². The van der Waals surface area contributed by atoms with Gasteiger partial charge in [0.25, 0.3) is 11.7 Å². The van der Waals surface area contributed by atoms with Gasteiger partial charge in [-0.1, -0.05) is 5.16 Å². The Labute approximate surface area is 171 Å². The molecule has 3 aromatic rings. The number of aryl methyl sites for hydroxylation is 2. The molecule has 0 spiro atoms. The molecule has 2 fully saturated rings. The van der Waals surface area contributed by atoms with Crippen LogP contribution < -0.4 is 10.6 Å². The molecule has 6 rings (SSSR count). The molecule has 1 amide bonds. The number of hydrogen-bond acceptors (Lipinski definition) is 8. The number of carbonyl (C=O) groups excluding carboxylic acids is 1. The van der Waals surface area contributed by atoms with Crippen LogP contribution in [0.25, 0.3) is 10.2 Å². The summed E-state index contributed by atoms with van der Waals surface area (Å²) < 4.78 is 5.41. The van der Waals surface area contributed by atoms with Crippen molar-refractivity contribution in [3.63, 3.8) is 0 Å². The molecule has 3 aliphatic rings. The highest BCUT2D eigenvalue weighted by atomic mass is 32.1. The molecular formula is C20H22N6O2S. The number of amides is 1. The number of thiophene rings is 1. The molecule has 3 aromatic heterocycles. The van der Waals surface area contributed by atoms with E-state index in [4.69, 9.17) is 20.2 Å². The normalized spacial score (nSPS) is 21.7. The maximum atomic E-state index is 11.4. The first kappa shape index (κ1) is 17.3. The lowest BCUT2D eigenvalue weighted by Gasteiger charge is -2.25. The maximum Gasteiger partial charge on any atom is 0.290 e. The smallest absolute Gasteiger partial charge is 0.290 e. The lowest BCUT2D eigenvalue weighted by atomic mass is 9.97. The van der Waals surface area contributed by atoms with Crippen LogP contribution in [0.1, 0.15) is 83.3 Å². The van der Waals surface area contributed by atoms with Crippen molar-refractivity contribution in [2.75, 3.05) is 11.4 Å². The molecule has 1 unspecified atom stereocenters. The summed E-state index contributed by atoms with van der Waals surface area (Å²) in [6, 6.07) is -0.0834. The van der Waals surface area contributed by atoms with Gasteiger partial charge in [0.15, 0.2) is 0 Å². The summed E-state index contributed by atoms with van der Waals surface area (Å²) in [6.07, 6.45) is 8.95. The number of carbonyl (C=O) groups is 1. The van der Waals surface area contributed by atoms with Gasteiger partial charge in [-0.05, 0) is 56.9 Å². The average molecular weight is 411 g/mol. The largest absolute Gasteiger partial charge is 0.363 e. The van der Waals surface area contributed by atoms with Gasteiger partial charge in [-0.15, -0.1) is 11.3 Å². The van der Waals surface area contributed by atoms with Gasteiger partial charge in [-0.25, -0.2) is 9.97 Å². The summed E-state index contributed by atoms with van der Waals surface area (Å²) in [5, 5.41) is 4.97. The van der Waals surface area contributed by atoms with Crippen molar-refractivity contribution in [3.8, 4) is 0 Å². The molecular weight excluding hydrogens is 388 g/mol. The molecule has 1 atom stereocenters. The topological polar surface area (TPSA) is 111 Å². The molecule has 9 heteroatoms. The standard InChI is InChI=1S/C20H22N6O2S/c21-15(27)17-23-19(28-25-17)12-5-3-9-26(12)18-14-11-4-1-2-6-13(11)29-20(14)24-16(22-18)10-7-8-10/h10,12H,1-9H2,(H2,21,27). The minimum atomic E-state index is -0.670. The molecule has 0 aromatic carbocycles. The van der Waals surface area contributed by atoms with Gasteiger partial charge in [0.05, 0.1) is 5.39 Å². The van der Waals surface area contributed by atoms with E-state index in [0.29, 0.717) is 11.8 Å². The number of aromatic nitrogens is 4. The molecule has 1 saturated carbocycles. The molecule has 29 heavy (non-hydrogen) atoms. The fourth-order valence-electron chi connectivity index (χ4n) is 4.63. The van der Waals surface area contributed by atoms with Crippen molar-refractivity contribution in [1.82, 2.24) is 20.1 Å². The maximum absolute atomic E-state index is 11.4. The molecule has 8 nitrogen and oxygen atoms in total. The Kier molecular flexibility index (Phi) is 3.87. The van der Waals surface area contributed by atoms with Crippen molar-refractivity contribution >= 4 is 33.3 Å². The highest BCUT2D eigenvalue weighted by molar-refractivity contribution is 7.19. The number of nitrogens with zero attached hydrogens (tertiary/aromatic N) is 5. The number of anilines is 1. The third kappa shape index (κ3) is 2.82. The van der Waals surface area contributed by atoms with Gasteiger partial charge in [-0.3, -0.25) is 4.79 Å². The fraction of sp³-hybridized carbons (Fsp3) is 0.550. The van der Waals surface area contributed by atoms with Crippen molar-refractivity contribution in [2.24, 2.45) is 5.73 Å². The van der Waals surface area contributed by atoms with Crippen molar-refractivity contribution in [3.05, 3.63) is 28.0 Å². The summed E-state index contributed by atoms with van der Waals surface area (Å²) in [6.45, 7) is 0.875. The number of hydrogen-bond donors (Lipinski definition) is 1. The Hall–Kier alpha value is -2.55. The van der Waals surface area contributed by atoms with E-state index in [1.54, 1.807) is 0 Å². The second-order valence-electron chi connectivity index (χ2n) is 8.24. The van der Waals surface area contributed by atoms with Gasteiger partial charge >= 0.3 is 0 Å². The van der Waals surface area contributed by atoms with Crippen LogP contribution in [0.15, 0.2) is 4.52 Å². The van der Waals surface area contributed by atoms with E-state index in [0.717, 1.165) is 48.7 Å². The lowest BCUT2D eigenvalue weighted by molar-refractivity contribution is 0.0987. The molecule has 1 saturated heterocycles. The van der Waals surface area contributed by atoms with E-state index in [9.17, 15) is 4.79 Å². The van der Waals surface area contributed by atoms with Gasteiger partial charge in [0.1, 0.15) is 22.5 Å². The van der Waals surface area contributed by atoms with Gasteiger partial charge < -0.3 is 15.2 Å². The van der Waals surface area contributed by atoms with Gasteiger partial charge in [-0.2, -0.15) is 4.98 Å². The minimum Gasteiger partial charge on any atom is -0.363 e. The highest BCUT2D eigenvalue weighted by Gasteiger charge is 2.36. The third-order valence-electron chi connectivity index (χ3n) is 6.23. The van der Waals surface area contributed by atoms with E-state index < -0.39 is 5.91 Å². The summed E-state index contributed by atoms with van der Waals surface area (Å²) in [4.78, 5) is 30.6. The van der Waals surface area contributed by atoms with Crippen LogP contribution in [-0.2, 0) is 12.8 Å². The van der Waals surface area contributed by atoms with Crippen molar-refractivity contribution < 1.29 is 9.32 Å². The van der Waals surface area contributed by atoms with Crippen LogP contribution in [0.4, 0.5) is 5.82 Å². The summed E-state index contributed by atoms with van der Waals surface area (Å²) in [7, 11) is 0. The quantitative estimate of drug-likeness (QED) is 0.702. The predicted molar refractivity (Wildman–Crippen MR) is 108 cm³/mol. The van der Waals surface area contributed by atoms with E-state index in [1.807, 2.05) is 11.3 Å². The zero-order valence-electron chi connectivity index (χ0n) is 16.1. The molecule has 0 bridgehead atoms. The van der Waals surface area contributed by atoms with Crippen molar-refractivity contribution in [2.45, 2.75) is 63.3 Å². The van der Waals surface area contributed by atoms with Crippen LogP contribution in [0.3, 0.4) is 0 Å². The molecule has 0 radical (unpaired) electrons. The van der Waals surface area contributed by atoms with Crippen LogP contribution in [0.5, 0.6) is 0 Å². The van der Waals surface area contributed by atoms with Crippen molar-refractivity contribution in [1.29, 1.82) is 0 Å². The molecule has 2 N–H and O–H groups in total. The Balaban J connectivity index is 1.49. The Bertz CT molecular complexity index is 1120. The Morgan fingerprint density at radius 3 is 2.76 bits per heavy atom. The summed E-state index contributed by atoms with van der Waals surface area (Å²) in [5.41, 5.74) is 6.74. The first-order chi connectivity index (χ1) is 14.2. The summed E-state index contributed by atoms with van der Waals surface area (Å²) in [5.74, 6) is 2.18. The monoisotopic (exact) mass is 410 g/mol. The lowest BCUT2D eigenvalue weighted by Crippen LogP contribution is -2.25. The highest BCUT2D eigenvalue weighted by Crippen LogP contribution is 2.46. The molecule has 1 aliphatic heterocycles. The Morgan fingerprint density at radius 2 is 1.97 bits per heavy atom. The molecule has 4 heterocycles. The first-order valence-electron chi connectivity index (χ1n) is 10.4. The molecule has 2 aliphatic carbocycles. The molecule has 150 valence electrons. The Morgan fingerprint density at radius 1 is 1.10 bits per heavy atom. The zero-order valence-corrected chi connectivity index (χ0v) is 16.9. The number of nitrogens with two attached hydrogens (primary N) is 1. The number of rotatable bonds is 4.